The van der Waals surface area contributed by atoms with Crippen molar-refractivity contribution in [2.24, 2.45) is 5.92 Å². The van der Waals surface area contributed by atoms with E-state index < -0.39 is 66.3 Å². The van der Waals surface area contributed by atoms with Crippen LogP contribution >= 0.6 is 11.6 Å². The Labute approximate surface area is 146 Å². The number of alkyl halides is 13. The van der Waals surface area contributed by atoms with Gasteiger partial charge in [-0.05, 0) is 6.42 Å². The van der Waals surface area contributed by atoms with Crippen molar-refractivity contribution in [2.45, 2.75) is 48.7 Å². The molecule has 1 atom stereocenters. The summed E-state index contributed by atoms with van der Waals surface area (Å²) in [4.78, 5) is 11.6. The largest absolute Gasteiger partial charge is 0.427 e. The quantitative estimate of drug-likeness (QED) is 0.475. The van der Waals surface area contributed by atoms with Crippen molar-refractivity contribution >= 4 is 17.4 Å². The zero-order chi connectivity index (χ0) is 22.3. The molecule has 2 N–H and O–H groups in total. The molecule has 0 aliphatic rings. The summed E-state index contributed by atoms with van der Waals surface area (Å²) in [5.41, 5.74) is -11.9. The molecule has 0 aromatic heterocycles. The number of ketones is 1. The summed E-state index contributed by atoms with van der Waals surface area (Å²) < 4.78 is 152. The highest BCUT2D eigenvalue weighted by atomic mass is 35.5. The van der Waals surface area contributed by atoms with Crippen molar-refractivity contribution in [1.82, 2.24) is 0 Å². The number of rotatable bonds is 6. The van der Waals surface area contributed by atoms with Crippen LogP contribution in [0.15, 0.2) is 0 Å². The highest BCUT2D eigenvalue weighted by Gasteiger charge is 2.77. The lowest BCUT2D eigenvalue weighted by molar-refractivity contribution is -0.383. The Morgan fingerprint density at radius 3 is 1.30 bits per heavy atom. The normalized spacial score (nSPS) is 16.4. The van der Waals surface area contributed by atoms with E-state index in [0.29, 0.717) is 0 Å². The molecule has 0 bridgehead atoms. The van der Waals surface area contributed by atoms with E-state index in [9.17, 15) is 57.5 Å². The van der Waals surface area contributed by atoms with Crippen LogP contribution in [0.4, 0.5) is 52.7 Å². The maximum atomic E-state index is 12.8. The molecule has 0 aliphatic carbocycles. The van der Waals surface area contributed by atoms with Gasteiger partial charge in [0.1, 0.15) is 5.78 Å². The second kappa shape index (κ2) is 7.46. The lowest BCUT2D eigenvalue weighted by Gasteiger charge is -2.39. The van der Waals surface area contributed by atoms with Gasteiger partial charge in [0.2, 0.25) is 0 Å². The fourth-order valence-electron chi connectivity index (χ4n) is 2.00. The number of carbonyl (C=O) groups excluding carboxylic acids is 1. The summed E-state index contributed by atoms with van der Waals surface area (Å²) in [6, 6.07) is 0. The van der Waals surface area contributed by atoms with Gasteiger partial charge in [0.25, 0.3) is 11.2 Å². The molecule has 0 aromatic carbocycles. The van der Waals surface area contributed by atoms with Gasteiger partial charge in [-0.2, -0.15) is 52.7 Å². The summed E-state index contributed by atoms with van der Waals surface area (Å²) in [6.07, 6.45) is -31.8. The predicted octanol–water partition coefficient (Wildman–Crippen LogP) is 3.90. The number of carbonyl (C=O) groups is 1. The molecule has 0 spiro atoms. The van der Waals surface area contributed by atoms with Gasteiger partial charge in [0.05, 0.1) is 12.3 Å². The Hall–Kier alpha value is -0.960. The molecule has 0 unspecified atom stereocenters. The smallest absolute Gasteiger partial charge is 0.373 e. The molecule has 16 heteroatoms. The Bertz CT molecular complexity index is 505. The van der Waals surface area contributed by atoms with Crippen molar-refractivity contribution < 1.29 is 67.7 Å². The van der Waals surface area contributed by atoms with Crippen LogP contribution in [0.3, 0.4) is 0 Å². The number of aliphatic hydroxyl groups is 2. The lowest BCUT2D eigenvalue weighted by atomic mass is 9.77. The topological polar surface area (TPSA) is 57.5 Å². The third-order valence-corrected chi connectivity index (χ3v) is 3.74. The third-order valence-electron chi connectivity index (χ3n) is 3.52. The van der Waals surface area contributed by atoms with Crippen molar-refractivity contribution in [2.75, 3.05) is 5.88 Å². The first kappa shape index (κ1) is 26.0. The maximum Gasteiger partial charge on any atom is 0.427 e. The Kier molecular flexibility index (Phi) is 7.20. The average molecular weight is 453 g/mol. The SMILES string of the molecule is O=C(CC(O)(C(F)(F)F)C(F)(F)F)[C@@H](CCCl)C(O)(C(F)(F)F)C(F)(F)F. The van der Waals surface area contributed by atoms with E-state index in [0.717, 1.165) is 0 Å². The first-order chi connectivity index (χ1) is 11.6. The van der Waals surface area contributed by atoms with Crippen LogP contribution in [0.5, 0.6) is 0 Å². The van der Waals surface area contributed by atoms with Gasteiger partial charge < -0.3 is 10.2 Å². The molecule has 0 amide bonds. The monoisotopic (exact) mass is 452 g/mol. The maximum absolute atomic E-state index is 12.8. The molecular formula is C11H9ClF12O3. The first-order valence-corrected chi connectivity index (χ1v) is 6.91. The zero-order valence-corrected chi connectivity index (χ0v) is 13.2. The van der Waals surface area contributed by atoms with Crippen LogP contribution in [-0.2, 0) is 4.79 Å². The molecule has 0 saturated heterocycles. The Morgan fingerprint density at radius 2 is 1.07 bits per heavy atom. The van der Waals surface area contributed by atoms with E-state index in [1.807, 2.05) is 0 Å². The second-order valence-corrected chi connectivity index (χ2v) is 5.67. The van der Waals surface area contributed by atoms with Crippen molar-refractivity contribution in [3.05, 3.63) is 0 Å². The van der Waals surface area contributed by atoms with Crippen LogP contribution in [0.2, 0.25) is 0 Å². The molecule has 0 heterocycles. The van der Waals surface area contributed by atoms with Crippen LogP contribution in [0.25, 0.3) is 0 Å². The minimum Gasteiger partial charge on any atom is -0.373 e. The molecule has 162 valence electrons. The molecule has 0 saturated carbocycles. The van der Waals surface area contributed by atoms with Gasteiger partial charge in [0.15, 0.2) is 0 Å². The molecule has 0 rings (SSSR count). The fraction of sp³-hybridized carbons (Fsp3) is 0.909. The number of hydrogen-bond donors (Lipinski definition) is 2. The number of Topliss-reactive ketones (excluding diaryl/α,β-unsaturated/α-hetero) is 1. The number of halogens is 13. The van der Waals surface area contributed by atoms with Gasteiger partial charge in [0, 0.05) is 5.88 Å². The van der Waals surface area contributed by atoms with Crippen LogP contribution in [0, 0.1) is 5.92 Å². The molecule has 3 nitrogen and oxygen atoms in total. The zero-order valence-electron chi connectivity index (χ0n) is 12.4. The van der Waals surface area contributed by atoms with E-state index in [-0.39, 0.29) is 0 Å². The highest BCUT2D eigenvalue weighted by Crippen LogP contribution is 2.51. The van der Waals surface area contributed by atoms with Crippen molar-refractivity contribution in [3.63, 3.8) is 0 Å². The van der Waals surface area contributed by atoms with Gasteiger partial charge in [-0.15, -0.1) is 11.6 Å². The first-order valence-electron chi connectivity index (χ1n) is 6.38. The van der Waals surface area contributed by atoms with Gasteiger partial charge in [-0.3, -0.25) is 4.79 Å². The lowest BCUT2D eigenvalue weighted by Crippen LogP contribution is -2.65. The van der Waals surface area contributed by atoms with E-state index >= 15 is 0 Å². The minimum atomic E-state index is -6.72. The summed E-state index contributed by atoms with van der Waals surface area (Å²) in [5, 5.41) is 17.9. The fourth-order valence-corrected chi connectivity index (χ4v) is 2.22. The van der Waals surface area contributed by atoms with Crippen LogP contribution < -0.4 is 0 Å². The van der Waals surface area contributed by atoms with Gasteiger partial charge in [-0.1, -0.05) is 0 Å². The molecule has 0 radical (unpaired) electrons. The molecule has 0 aliphatic heterocycles. The average Bonchev–Trinajstić information content (AvgIpc) is 2.38. The third kappa shape index (κ3) is 4.72. The summed E-state index contributed by atoms with van der Waals surface area (Å²) >= 11 is 4.89. The van der Waals surface area contributed by atoms with E-state index in [4.69, 9.17) is 21.8 Å². The number of hydrogen-bond acceptors (Lipinski definition) is 3. The van der Waals surface area contributed by atoms with E-state index in [1.165, 1.54) is 0 Å². The van der Waals surface area contributed by atoms with E-state index in [1.54, 1.807) is 0 Å². The van der Waals surface area contributed by atoms with Gasteiger partial charge in [-0.25, -0.2) is 0 Å². The minimum absolute atomic E-state index is 1.28. The van der Waals surface area contributed by atoms with E-state index in [2.05, 4.69) is 0 Å². The summed E-state index contributed by atoms with van der Waals surface area (Å²) in [6.45, 7) is 0. The molecule has 0 fully saturated rings. The Balaban J connectivity index is 6.36. The molecule has 27 heavy (non-hydrogen) atoms. The second-order valence-electron chi connectivity index (χ2n) is 5.29. The van der Waals surface area contributed by atoms with Crippen LogP contribution in [-0.4, -0.2) is 57.8 Å². The van der Waals surface area contributed by atoms with Crippen LogP contribution in [0.1, 0.15) is 12.8 Å². The summed E-state index contributed by atoms with van der Waals surface area (Å²) in [5.74, 6) is -8.17. The molecule has 0 aromatic rings. The Morgan fingerprint density at radius 1 is 0.741 bits per heavy atom. The summed E-state index contributed by atoms with van der Waals surface area (Å²) in [7, 11) is 0. The van der Waals surface area contributed by atoms with Gasteiger partial charge >= 0.3 is 24.7 Å². The van der Waals surface area contributed by atoms with Crippen molar-refractivity contribution in [3.8, 4) is 0 Å². The highest BCUT2D eigenvalue weighted by molar-refractivity contribution is 6.18. The standard InChI is InChI=1S/C11H9ClF12O3/c12-2-1-4(7(27,10(19,20)21)11(22,23)24)5(25)3-6(26,8(13,14)15)9(16,17)18/h4,26-27H,1-3H2/t4-/m1/s1. The predicted molar refractivity (Wildman–Crippen MR) is 62.6 cm³/mol. The molecular weight excluding hydrogens is 444 g/mol. The van der Waals surface area contributed by atoms with Crippen molar-refractivity contribution in [1.29, 1.82) is 0 Å².